The molecule has 0 aromatic heterocycles. The first kappa shape index (κ1) is 13.5. The largest absolute Gasteiger partial charge is 0.481 e. The zero-order valence-electron chi connectivity index (χ0n) is 9.00. The van der Waals surface area contributed by atoms with Gasteiger partial charge in [0.15, 0.2) is 0 Å². The van der Waals surface area contributed by atoms with Crippen LogP contribution < -0.4 is 0 Å². The average Bonchev–Trinajstić information content (AvgIpc) is 2.29. The van der Waals surface area contributed by atoms with E-state index in [1.54, 1.807) is 11.8 Å². The van der Waals surface area contributed by atoms with Gasteiger partial charge in [0.05, 0.1) is 5.92 Å². The maximum Gasteiger partial charge on any atom is 0.307 e. The van der Waals surface area contributed by atoms with E-state index in [1.807, 2.05) is 30.3 Å². The monoisotopic (exact) mass is 256 g/mol. The number of aliphatic carboxylic acids is 1. The van der Waals surface area contributed by atoms with Gasteiger partial charge in [-0.2, -0.15) is 24.4 Å². The Morgan fingerprint density at radius 2 is 2.06 bits per heavy atom. The molecule has 0 saturated heterocycles. The summed E-state index contributed by atoms with van der Waals surface area (Å²) in [5.41, 5.74) is 1.08. The molecule has 0 aliphatic carbocycles. The van der Waals surface area contributed by atoms with Gasteiger partial charge < -0.3 is 5.11 Å². The molecule has 0 heterocycles. The molecule has 1 rings (SSSR count). The normalized spacial score (nSPS) is 12.3. The van der Waals surface area contributed by atoms with Crippen molar-refractivity contribution in [2.24, 2.45) is 5.92 Å². The Balaban J connectivity index is 2.48. The van der Waals surface area contributed by atoms with Crippen LogP contribution in [0.1, 0.15) is 5.56 Å². The molecule has 4 heteroatoms. The van der Waals surface area contributed by atoms with Crippen molar-refractivity contribution in [1.29, 1.82) is 0 Å². The zero-order chi connectivity index (χ0) is 11.8. The molecule has 16 heavy (non-hydrogen) atoms. The summed E-state index contributed by atoms with van der Waals surface area (Å²) in [7, 11) is 0. The van der Waals surface area contributed by atoms with Crippen molar-refractivity contribution >= 4 is 30.4 Å². The number of thioether (sulfide) groups is 1. The van der Waals surface area contributed by atoms with Crippen LogP contribution in [0.4, 0.5) is 0 Å². The van der Waals surface area contributed by atoms with Gasteiger partial charge in [-0.1, -0.05) is 30.3 Å². The van der Waals surface area contributed by atoms with Gasteiger partial charge in [-0.05, 0) is 17.7 Å². The fourth-order valence-electron chi connectivity index (χ4n) is 1.41. The Kier molecular flexibility index (Phi) is 6.42. The van der Waals surface area contributed by atoms with Crippen molar-refractivity contribution in [2.75, 3.05) is 17.3 Å². The SMILES string of the molecule is O=C(O)C(CSCCS)Cc1ccccc1. The van der Waals surface area contributed by atoms with Crippen LogP contribution in [0, 0.1) is 5.92 Å². The van der Waals surface area contributed by atoms with Crippen LogP contribution in [0.5, 0.6) is 0 Å². The minimum absolute atomic E-state index is 0.299. The molecule has 0 amide bonds. The molecule has 1 aromatic rings. The summed E-state index contributed by atoms with van der Waals surface area (Å²) in [6.07, 6.45) is 0.607. The van der Waals surface area contributed by atoms with E-state index >= 15 is 0 Å². The third kappa shape index (κ3) is 4.94. The highest BCUT2D eigenvalue weighted by Crippen LogP contribution is 2.15. The summed E-state index contributed by atoms with van der Waals surface area (Å²) in [5.74, 6) is 1.34. The van der Waals surface area contributed by atoms with E-state index in [0.717, 1.165) is 17.1 Å². The third-order valence-electron chi connectivity index (χ3n) is 2.23. The lowest BCUT2D eigenvalue weighted by atomic mass is 10.0. The van der Waals surface area contributed by atoms with E-state index < -0.39 is 5.97 Å². The Hall–Kier alpha value is -0.610. The number of hydrogen-bond acceptors (Lipinski definition) is 3. The van der Waals surface area contributed by atoms with Crippen LogP contribution in [0.3, 0.4) is 0 Å². The smallest absolute Gasteiger partial charge is 0.307 e. The van der Waals surface area contributed by atoms with Gasteiger partial charge in [0.25, 0.3) is 0 Å². The number of carboxylic acids is 1. The van der Waals surface area contributed by atoms with Gasteiger partial charge in [-0.3, -0.25) is 4.79 Å². The molecule has 88 valence electrons. The molecule has 1 unspecified atom stereocenters. The molecular weight excluding hydrogens is 240 g/mol. The maximum absolute atomic E-state index is 11.1. The molecular formula is C12H16O2S2. The minimum atomic E-state index is -0.712. The van der Waals surface area contributed by atoms with Gasteiger partial charge in [0.1, 0.15) is 0 Å². The average molecular weight is 256 g/mol. The van der Waals surface area contributed by atoms with Gasteiger partial charge in [-0.15, -0.1) is 0 Å². The van der Waals surface area contributed by atoms with E-state index in [2.05, 4.69) is 12.6 Å². The van der Waals surface area contributed by atoms with Gasteiger partial charge in [0.2, 0.25) is 0 Å². The number of hydrogen-bond donors (Lipinski definition) is 2. The standard InChI is InChI=1S/C12H16O2S2/c13-12(14)11(9-16-7-6-15)8-10-4-2-1-3-5-10/h1-5,11,15H,6-9H2,(H,13,14). The first-order chi connectivity index (χ1) is 7.74. The van der Waals surface area contributed by atoms with Crippen molar-refractivity contribution in [3.05, 3.63) is 35.9 Å². The Morgan fingerprint density at radius 3 is 2.62 bits per heavy atom. The molecule has 0 bridgehead atoms. The fraction of sp³-hybridized carbons (Fsp3) is 0.417. The van der Waals surface area contributed by atoms with Crippen LogP contribution in [0.25, 0.3) is 0 Å². The van der Waals surface area contributed by atoms with Gasteiger partial charge >= 0.3 is 5.97 Å². The predicted octanol–water partition coefficient (Wildman–Crippen LogP) is 2.59. The second kappa shape index (κ2) is 7.63. The van der Waals surface area contributed by atoms with Crippen molar-refractivity contribution in [1.82, 2.24) is 0 Å². The van der Waals surface area contributed by atoms with E-state index in [-0.39, 0.29) is 5.92 Å². The third-order valence-corrected chi connectivity index (χ3v) is 3.89. The van der Waals surface area contributed by atoms with E-state index in [0.29, 0.717) is 12.2 Å². The highest BCUT2D eigenvalue weighted by molar-refractivity contribution is 8.00. The van der Waals surface area contributed by atoms with Crippen LogP contribution in [0.15, 0.2) is 30.3 Å². The van der Waals surface area contributed by atoms with E-state index in [1.165, 1.54) is 0 Å². The second-order valence-electron chi connectivity index (χ2n) is 3.52. The summed E-state index contributed by atoms with van der Waals surface area (Å²) in [6, 6.07) is 9.76. The maximum atomic E-state index is 11.1. The van der Waals surface area contributed by atoms with Crippen molar-refractivity contribution < 1.29 is 9.90 Å². The number of carboxylic acid groups (broad SMARTS) is 1. The predicted molar refractivity (Wildman–Crippen MR) is 72.4 cm³/mol. The Labute approximate surface area is 106 Å². The first-order valence-corrected chi connectivity index (χ1v) is 6.98. The zero-order valence-corrected chi connectivity index (χ0v) is 10.7. The van der Waals surface area contributed by atoms with Crippen LogP contribution >= 0.6 is 24.4 Å². The molecule has 0 radical (unpaired) electrons. The summed E-state index contributed by atoms with van der Waals surface area (Å²) >= 11 is 5.76. The van der Waals surface area contributed by atoms with Gasteiger partial charge in [-0.25, -0.2) is 0 Å². The van der Waals surface area contributed by atoms with Crippen LogP contribution in [0.2, 0.25) is 0 Å². The summed E-state index contributed by atoms with van der Waals surface area (Å²) in [6.45, 7) is 0. The second-order valence-corrected chi connectivity index (χ2v) is 5.12. The van der Waals surface area contributed by atoms with E-state index in [9.17, 15) is 4.79 Å². The number of benzene rings is 1. The Morgan fingerprint density at radius 1 is 1.38 bits per heavy atom. The van der Waals surface area contributed by atoms with E-state index in [4.69, 9.17) is 5.11 Å². The Bertz CT molecular complexity index is 314. The van der Waals surface area contributed by atoms with Crippen LogP contribution in [-0.4, -0.2) is 28.3 Å². The van der Waals surface area contributed by atoms with Crippen LogP contribution in [-0.2, 0) is 11.2 Å². The molecule has 0 fully saturated rings. The molecule has 0 spiro atoms. The lowest BCUT2D eigenvalue weighted by Crippen LogP contribution is -2.19. The summed E-state index contributed by atoms with van der Waals surface area (Å²) < 4.78 is 0. The lowest BCUT2D eigenvalue weighted by Gasteiger charge is -2.11. The molecule has 1 aromatic carbocycles. The van der Waals surface area contributed by atoms with Crippen molar-refractivity contribution in [2.45, 2.75) is 6.42 Å². The first-order valence-electron chi connectivity index (χ1n) is 5.19. The topological polar surface area (TPSA) is 37.3 Å². The molecule has 1 atom stereocenters. The number of rotatable bonds is 7. The fourth-order valence-corrected chi connectivity index (χ4v) is 2.63. The molecule has 2 nitrogen and oxygen atoms in total. The highest BCUT2D eigenvalue weighted by atomic mass is 32.2. The summed E-state index contributed by atoms with van der Waals surface area (Å²) in [5, 5.41) is 9.10. The number of carbonyl (C=O) groups is 1. The van der Waals surface area contributed by atoms with Gasteiger partial charge in [0, 0.05) is 11.5 Å². The molecule has 0 saturated carbocycles. The lowest BCUT2D eigenvalue weighted by molar-refractivity contribution is -0.140. The minimum Gasteiger partial charge on any atom is -0.481 e. The molecule has 0 aliphatic rings. The van der Waals surface area contributed by atoms with Crippen molar-refractivity contribution in [3.8, 4) is 0 Å². The number of thiol groups is 1. The molecule has 0 aliphatic heterocycles. The molecule has 1 N–H and O–H groups in total. The summed E-state index contributed by atoms with van der Waals surface area (Å²) in [4.78, 5) is 11.1. The quantitative estimate of drug-likeness (QED) is 0.581. The van der Waals surface area contributed by atoms with Crippen molar-refractivity contribution in [3.63, 3.8) is 0 Å². The highest BCUT2D eigenvalue weighted by Gasteiger charge is 2.17.